The SMILES string of the molecule is CCNC(=NCC(C)Oc1ccccc1OC)NCCn1cccc1.I. The molecule has 2 rings (SSSR count). The van der Waals surface area contributed by atoms with Crippen LogP contribution in [0.5, 0.6) is 11.5 Å². The molecule has 0 fully saturated rings. The first-order valence-corrected chi connectivity index (χ1v) is 8.65. The van der Waals surface area contributed by atoms with E-state index in [1.165, 1.54) is 0 Å². The number of hydrogen-bond donors (Lipinski definition) is 2. The third kappa shape index (κ3) is 7.55. The van der Waals surface area contributed by atoms with Crippen molar-refractivity contribution in [1.29, 1.82) is 0 Å². The van der Waals surface area contributed by atoms with E-state index in [1.54, 1.807) is 7.11 Å². The summed E-state index contributed by atoms with van der Waals surface area (Å²) in [6.07, 6.45) is 4.04. The summed E-state index contributed by atoms with van der Waals surface area (Å²) in [6.45, 7) is 7.12. The van der Waals surface area contributed by atoms with Crippen molar-refractivity contribution < 1.29 is 9.47 Å². The molecule has 2 N–H and O–H groups in total. The predicted molar refractivity (Wildman–Crippen MR) is 117 cm³/mol. The largest absolute Gasteiger partial charge is 0.493 e. The van der Waals surface area contributed by atoms with Crippen molar-refractivity contribution in [3.8, 4) is 11.5 Å². The minimum absolute atomic E-state index is 0. The van der Waals surface area contributed by atoms with Gasteiger partial charge in [0.2, 0.25) is 0 Å². The van der Waals surface area contributed by atoms with Crippen molar-refractivity contribution in [1.82, 2.24) is 15.2 Å². The van der Waals surface area contributed by atoms with Gasteiger partial charge in [0, 0.05) is 32.0 Å². The molecule has 0 radical (unpaired) electrons. The van der Waals surface area contributed by atoms with Crippen LogP contribution in [-0.4, -0.2) is 43.4 Å². The normalized spacial score (nSPS) is 12.0. The molecule has 0 bridgehead atoms. The molecular formula is C19H29IN4O2. The molecule has 0 saturated carbocycles. The maximum Gasteiger partial charge on any atom is 0.191 e. The molecule has 0 spiro atoms. The molecule has 0 amide bonds. The Balaban J connectivity index is 0.00000338. The molecule has 1 heterocycles. The summed E-state index contributed by atoms with van der Waals surface area (Å²) in [5.41, 5.74) is 0. The van der Waals surface area contributed by atoms with Gasteiger partial charge in [0.25, 0.3) is 0 Å². The van der Waals surface area contributed by atoms with Gasteiger partial charge in [-0.25, -0.2) is 4.99 Å². The van der Waals surface area contributed by atoms with Crippen LogP contribution in [-0.2, 0) is 6.54 Å². The van der Waals surface area contributed by atoms with E-state index < -0.39 is 0 Å². The molecule has 0 aliphatic rings. The van der Waals surface area contributed by atoms with Crippen LogP contribution in [0.4, 0.5) is 0 Å². The molecule has 144 valence electrons. The first-order chi connectivity index (χ1) is 12.2. The number of nitrogens with zero attached hydrogens (tertiary/aromatic N) is 2. The molecule has 1 aromatic heterocycles. The number of halogens is 1. The molecule has 0 aliphatic carbocycles. The fourth-order valence-electron chi connectivity index (χ4n) is 2.35. The van der Waals surface area contributed by atoms with E-state index in [0.717, 1.165) is 37.1 Å². The highest BCUT2D eigenvalue weighted by Gasteiger charge is 2.08. The fourth-order valence-corrected chi connectivity index (χ4v) is 2.35. The van der Waals surface area contributed by atoms with Crippen LogP contribution >= 0.6 is 24.0 Å². The van der Waals surface area contributed by atoms with Gasteiger partial charge in [-0.2, -0.15) is 0 Å². The first kappa shape index (κ1) is 22.1. The van der Waals surface area contributed by atoms with Crippen molar-refractivity contribution in [3.63, 3.8) is 0 Å². The van der Waals surface area contributed by atoms with Gasteiger partial charge in [-0.15, -0.1) is 24.0 Å². The zero-order valence-electron chi connectivity index (χ0n) is 15.6. The number of nitrogens with one attached hydrogen (secondary N) is 2. The van der Waals surface area contributed by atoms with Gasteiger partial charge in [-0.3, -0.25) is 0 Å². The number of benzene rings is 1. The number of methoxy groups -OCH3 is 1. The number of hydrogen-bond acceptors (Lipinski definition) is 3. The third-order valence-corrected chi connectivity index (χ3v) is 3.58. The van der Waals surface area contributed by atoms with Crippen LogP contribution in [0.15, 0.2) is 53.8 Å². The molecule has 26 heavy (non-hydrogen) atoms. The Kier molecular flexibility index (Phi) is 10.6. The van der Waals surface area contributed by atoms with Crippen molar-refractivity contribution >= 4 is 29.9 Å². The molecule has 6 nitrogen and oxygen atoms in total. The van der Waals surface area contributed by atoms with Gasteiger partial charge in [-0.05, 0) is 38.1 Å². The van der Waals surface area contributed by atoms with E-state index in [9.17, 15) is 0 Å². The summed E-state index contributed by atoms with van der Waals surface area (Å²) < 4.78 is 13.4. The summed E-state index contributed by atoms with van der Waals surface area (Å²) in [4.78, 5) is 4.60. The average molecular weight is 472 g/mol. The third-order valence-electron chi connectivity index (χ3n) is 3.58. The van der Waals surface area contributed by atoms with Crippen LogP contribution in [0.25, 0.3) is 0 Å². The van der Waals surface area contributed by atoms with Gasteiger partial charge in [-0.1, -0.05) is 12.1 Å². The number of aromatic nitrogens is 1. The molecule has 0 saturated heterocycles. The summed E-state index contributed by atoms with van der Waals surface area (Å²) in [7, 11) is 1.64. The molecule has 1 atom stereocenters. The number of rotatable bonds is 9. The quantitative estimate of drug-likeness (QED) is 0.335. The molecule has 1 aromatic carbocycles. The number of para-hydroxylation sites is 2. The molecule has 2 aromatic rings. The Labute approximate surface area is 173 Å². The van der Waals surface area contributed by atoms with Gasteiger partial charge >= 0.3 is 0 Å². The second-order valence-electron chi connectivity index (χ2n) is 5.65. The zero-order chi connectivity index (χ0) is 17.9. The van der Waals surface area contributed by atoms with Crippen molar-refractivity contribution in [2.24, 2.45) is 4.99 Å². The lowest BCUT2D eigenvalue weighted by Crippen LogP contribution is -2.39. The maximum absolute atomic E-state index is 5.94. The topological polar surface area (TPSA) is 59.8 Å². The zero-order valence-corrected chi connectivity index (χ0v) is 18.0. The highest BCUT2D eigenvalue weighted by molar-refractivity contribution is 14.0. The molecule has 7 heteroatoms. The Hall–Kier alpha value is -1.90. The number of guanidine groups is 1. The highest BCUT2D eigenvalue weighted by atomic mass is 127. The Bertz CT molecular complexity index is 647. The van der Waals surface area contributed by atoms with Crippen LogP contribution in [0.1, 0.15) is 13.8 Å². The van der Waals surface area contributed by atoms with Crippen molar-refractivity contribution in [2.45, 2.75) is 26.5 Å². The first-order valence-electron chi connectivity index (χ1n) is 8.65. The lowest BCUT2D eigenvalue weighted by Gasteiger charge is -2.16. The van der Waals surface area contributed by atoms with Crippen LogP contribution in [0.3, 0.4) is 0 Å². The summed E-state index contributed by atoms with van der Waals surface area (Å²) in [5, 5.41) is 6.59. The van der Waals surface area contributed by atoms with Gasteiger partial charge in [0.15, 0.2) is 17.5 Å². The lowest BCUT2D eigenvalue weighted by atomic mass is 10.3. The summed E-state index contributed by atoms with van der Waals surface area (Å²) in [5.74, 6) is 2.26. The van der Waals surface area contributed by atoms with E-state index in [1.807, 2.05) is 43.3 Å². The van der Waals surface area contributed by atoms with Gasteiger partial charge in [0.05, 0.1) is 13.7 Å². The van der Waals surface area contributed by atoms with Crippen LogP contribution in [0, 0.1) is 0 Å². The van der Waals surface area contributed by atoms with Gasteiger partial charge < -0.3 is 24.7 Å². The summed E-state index contributed by atoms with van der Waals surface area (Å²) in [6, 6.07) is 11.7. The smallest absolute Gasteiger partial charge is 0.191 e. The predicted octanol–water partition coefficient (Wildman–Crippen LogP) is 3.14. The Morgan fingerprint density at radius 1 is 1.12 bits per heavy atom. The highest BCUT2D eigenvalue weighted by Crippen LogP contribution is 2.26. The van der Waals surface area contributed by atoms with E-state index >= 15 is 0 Å². The Morgan fingerprint density at radius 2 is 1.81 bits per heavy atom. The fraction of sp³-hybridized carbons (Fsp3) is 0.421. The molecule has 1 unspecified atom stereocenters. The number of ether oxygens (including phenoxy) is 2. The number of aliphatic imine (C=N–C) groups is 1. The molecular weight excluding hydrogens is 443 g/mol. The lowest BCUT2D eigenvalue weighted by molar-refractivity contribution is 0.219. The minimum atomic E-state index is -0.0591. The Morgan fingerprint density at radius 3 is 2.46 bits per heavy atom. The van der Waals surface area contributed by atoms with E-state index in [-0.39, 0.29) is 30.1 Å². The van der Waals surface area contributed by atoms with Crippen molar-refractivity contribution in [2.75, 3.05) is 26.7 Å². The van der Waals surface area contributed by atoms with E-state index in [2.05, 4.69) is 39.5 Å². The van der Waals surface area contributed by atoms with E-state index in [4.69, 9.17) is 9.47 Å². The van der Waals surface area contributed by atoms with E-state index in [0.29, 0.717) is 6.54 Å². The van der Waals surface area contributed by atoms with Crippen LogP contribution in [0.2, 0.25) is 0 Å². The minimum Gasteiger partial charge on any atom is -0.493 e. The maximum atomic E-state index is 5.94. The van der Waals surface area contributed by atoms with Crippen molar-refractivity contribution in [3.05, 3.63) is 48.8 Å². The van der Waals surface area contributed by atoms with Crippen LogP contribution < -0.4 is 20.1 Å². The monoisotopic (exact) mass is 472 g/mol. The summed E-state index contributed by atoms with van der Waals surface area (Å²) >= 11 is 0. The average Bonchev–Trinajstić information content (AvgIpc) is 3.13. The molecule has 0 aliphatic heterocycles. The second kappa shape index (κ2) is 12.5. The second-order valence-corrected chi connectivity index (χ2v) is 5.65. The standard InChI is InChI=1S/C19H28N4O2.HI/c1-4-20-19(21-11-14-23-12-7-8-13-23)22-15-16(2)25-18-10-6-5-9-17(18)24-3;/h5-10,12-13,16H,4,11,14-15H2,1-3H3,(H2,20,21,22);1H. The van der Waals surface area contributed by atoms with Gasteiger partial charge in [0.1, 0.15) is 6.10 Å².